The molecule has 106 valence electrons. The summed E-state index contributed by atoms with van der Waals surface area (Å²) < 4.78 is 15.2. The van der Waals surface area contributed by atoms with Crippen LogP contribution in [0.1, 0.15) is 23.7 Å². The van der Waals surface area contributed by atoms with Crippen LogP contribution in [0.5, 0.6) is 0 Å². The topological polar surface area (TPSA) is 67.7 Å². The van der Waals surface area contributed by atoms with Gasteiger partial charge in [-0.2, -0.15) is 0 Å². The summed E-state index contributed by atoms with van der Waals surface area (Å²) in [6, 6.07) is 2.00. The monoisotopic (exact) mass is 277 g/mol. The summed E-state index contributed by atoms with van der Waals surface area (Å²) in [6.07, 6.45) is 1.22. The first-order chi connectivity index (χ1) is 9.58. The molecule has 20 heavy (non-hydrogen) atoms. The third-order valence-corrected chi connectivity index (χ3v) is 4.30. The summed E-state index contributed by atoms with van der Waals surface area (Å²) in [5.74, 6) is 0. The minimum Gasteiger partial charge on any atom is -0.388 e. The molecule has 4 rings (SSSR count). The van der Waals surface area contributed by atoms with E-state index in [1.165, 1.54) is 0 Å². The van der Waals surface area contributed by atoms with E-state index < -0.39 is 18.5 Å². The number of nitrogens with zero attached hydrogens (tertiary/aromatic N) is 2. The van der Waals surface area contributed by atoms with Crippen molar-refractivity contribution in [1.82, 2.24) is 4.57 Å². The summed E-state index contributed by atoms with van der Waals surface area (Å²) in [5, 5.41) is 21.3. The van der Waals surface area contributed by atoms with E-state index in [-0.39, 0.29) is 12.7 Å². The van der Waals surface area contributed by atoms with Gasteiger partial charge in [0.25, 0.3) is 0 Å². The number of hydrogen-bond donors (Lipinski definition) is 2. The van der Waals surface area contributed by atoms with Crippen molar-refractivity contribution in [2.75, 3.05) is 6.61 Å². The van der Waals surface area contributed by atoms with Gasteiger partial charge in [-0.25, -0.2) is 4.57 Å². The van der Waals surface area contributed by atoms with Crippen LogP contribution in [0.2, 0.25) is 0 Å². The molecule has 4 atom stereocenters. The molecule has 1 fully saturated rings. The number of fused-ring (bicyclic) bond motifs is 2. The smallest absolute Gasteiger partial charge is 0.247 e. The third-order valence-electron chi connectivity index (χ3n) is 4.30. The summed E-state index contributed by atoms with van der Waals surface area (Å²) in [5.41, 5.74) is 2.68. The van der Waals surface area contributed by atoms with Gasteiger partial charge in [-0.1, -0.05) is 0 Å². The molecular formula is C14H17N2O4+. The standard InChI is InChI=1S/C14H17N2O4/c1-15-4-3-8-10-7(5-16(8)2)12-13(9(17)6-19-12)20-14(18)11(10)15/h3-5,9,12-14,17-18H,6H2,1-2H3/q+1/t9-,12+,13+,14+/m0/s1. The molecule has 0 unspecified atom stereocenters. The van der Waals surface area contributed by atoms with E-state index >= 15 is 0 Å². The fraction of sp³-hybridized carbons (Fsp3) is 0.500. The molecule has 2 N–H and O–H groups in total. The van der Waals surface area contributed by atoms with Crippen molar-refractivity contribution in [1.29, 1.82) is 0 Å². The molecule has 0 aliphatic carbocycles. The summed E-state index contributed by atoms with van der Waals surface area (Å²) in [6.45, 7) is 0.229. The molecule has 1 saturated heterocycles. The van der Waals surface area contributed by atoms with Gasteiger partial charge >= 0.3 is 0 Å². The van der Waals surface area contributed by atoms with Crippen LogP contribution < -0.4 is 4.57 Å². The van der Waals surface area contributed by atoms with Crippen LogP contribution in [0.25, 0.3) is 10.9 Å². The lowest BCUT2D eigenvalue weighted by molar-refractivity contribution is -0.685. The van der Waals surface area contributed by atoms with E-state index in [4.69, 9.17) is 9.47 Å². The number of pyridine rings is 1. The predicted molar refractivity (Wildman–Crippen MR) is 68.6 cm³/mol. The van der Waals surface area contributed by atoms with Crippen LogP contribution in [0, 0.1) is 0 Å². The van der Waals surface area contributed by atoms with Gasteiger partial charge < -0.3 is 24.3 Å². The Labute approximate surface area is 115 Å². The van der Waals surface area contributed by atoms with Gasteiger partial charge in [0.15, 0.2) is 6.20 Å². The lowest BCUT2D eigenvalue weighted by Gasteiger charge is -2.19. The fourth-order valence-corrected chi connectivity index (χ4v) is 3.34. The van der Waals surface area contributed by atoms with Crippen molar-refractivity contribution in [2.24, 2.45) is 14.1 Å². The Hall–Kier alpha value is -1.47. The molecule has 2 aromatic heterocycles. The van der Waals surface area contributed by atoms with Crippen LogP contribution in [0.4, 0.5) is 0 Å². The van der Waals surface area contributed by atoms with E-state index in [2.05, 4.69) is 0 Å². The average Bonchev–Trinajstić information content (AvgIpc) is 2.88. The van der Waals surface area contributed by atoms with Crippen LogP contribution in [-0.2, 0) is 23.6 Å². The van der Waals surface area contributed by atoms with Crippen molar-refractivity contribution in [2.45, 2.75) is 24.6 Å². The molecule has 0 saturated carbocycles. The van der Waals surface area contributed by atoms with Crippen molar-refractivity contribution in [3.63, 3.8) is 0 Å². The minimum absolute atomic E-state index is 0.229. The normalized spacial score (nSPS) is 32.4. The molecule has 0 radical (unpaired) electrons. The van der Waals surface area contributed by atoms with Gasteiger partial charge in [0.05, 0.1) is 17.5 Å². The maximum atomic E-state index is 10.4. The van der Waals surface area contributed by atoms with Gasteiger partial charge in [0.1, 0.15) is 25.4 Å². The molecule has 0 spiro atoms. The number of ether oxygens (including phenoxy) is 2. The van der Waals surface area contributed by atoms with Crippen molar-refractivity contribution in [3.8, 4) is 0 Å². The quantitative estimate of drug-likeness (QED) is 0.656. The number of aliphatic hydroxyl groups is 2. The number of aromatic nitrogens is 2. The van der Waals surface area contributed by atoms with Crippen LogP contribution in [-0.4, -0.2) is 33.6 Å². The lowest BCUT2D eigenvalue weighted by Crippen LogP contribution is -2.37. The Bertz CT molecular complexity index is 696. The summed E-state index contributed by atoms with van der Waals surface area (Å²) in [7, 11) is 3.83. The predicted octanol–water partition coefficient (Wildman–Crippen LogP) is -0.175. The second-order valence-electron chi connectivity index (χ2n) is 5.54. The second kappa shape index (κ2) is 4.02. The first-order valence-corrected chi connectivity index (χ1v) is 6.68. The van der Waals surface area contributed by atoms with E-state index in [0.717, 1.165) is 16.5 Å². The number of hydrogen-bond acceptors (Lipinski definition) is 4. The van der Waals surface area contributed by atoms with Crippen molar-refractivity contribution < 1.29 is 24.3 Å². The van der Waals surface area contributed by atoms with Crippen LogP contribution in [0.15, 0.2) is 18.5 Å². The Morgan fingerprint density at radius 3 is 3.00 bits per heavy atom. The summed E-state index contributed by atoms with van der Waals surface area (Å²) >= 11 is 0. The van der Waals surface area contributed by atoms with E-state index in [9.17, 15) is 10.2 Å². The van der Waals surface area contributed by atoms with Gasteiger partial charge in [-0.3, -0.25) is 0 Å². The number of rotatable bonds is 0. The zero-order chi connectivity index (χ0) is 14.0. The fourth-order valence-electron chi connectivity index (χ4n) is 3.34. The second-order valence-corrected chi connectivity index (χ2v) is 5.54. The van der Waals surface area contributed by atoms with Gasteiger partial charge in [-0.05, 0) is 0 Å². The first kappa shape index (κ1) is 12.3. The van der Waals surface area contributed by atoms with E-state index in [1.807, 2.05) is 41.7 Å². The molecule has 0 aromatic carbocycles. The minimum atomic E-state index is -1.07. The van der Waals surface area contributed by atoms with E-state index in [0.29, 0.717) is 5.69 Å². The molecule has 2 aliphatic heterocycles. The SMILES string of the molecule is Cn1cc2c3c([n+](C)ccc31)[C@H](O)O[C@H]1[C@@H]2OC[C@@H]1O. The molecule has 0 amide bonds. The molecule has 6 nitrogen and oxygen atoms in total. The molecule has 2 aromatic rings. The third kappa shape index (κ3) is 1.44. The number of aryl methyl sites for hydroxylation is 2. The summed E-state index contributed by atoms with van der Waals surface area (Å²) in [4.78, 5) is 0. The largest absolute Gasteiger partial charge is 0.388 e. The van der Waals surface area contributed by atoms with Crippen molar-refractivity contribution in [3.05, 3.63) is 29.7 Å². The molecule has 6 heteroatoms. The first-order valence-electron chi connectivity index (χ1n) is 6.68. The zero-order valence-corrected chi connectivity index (χ0v) is 11.4. The molecule has 4 heterocycles. The maximum absolute atomic E-state index is 10.4. The Morgan fingerprint density at radius 2 is 2.20 bits per heavy atom. The highest BCUT2D eigenvalue weighted by Crippen LogP contribution is 2.42. The highest BCUT2D eigenvalue weighted by atomic mass is 16.6. The van der Waals surface area contributed by atoms with Crippen molar-refractivity contribution >= 4 is 10.9 Å². The van der Waals surface area contributed by atoms with Gasteiger partial charge in [0, 0.05) is 24.9 Å². The van der Waals surface area contributed by atoms with Gasteiger partial charge in [0.2, 0.25) is 12.0 Å². The Morgan fingerprint density at radius 1 is 1.40 bits per heavy atom. The Kier molecular flexibility index (Phi) is 2.47. The molecule has 2 aliphatic rings. The van der Waals surface area contributed by atoms with Crippen LogP contribution in [0.3, 0.4) is 0 Å². The maximum Gasteiger partial charge on any atom is 0.247 e. The average molecular weight is 277 g/mol. The molecule has 0 bridgehead atoms. The zero-order valence-electron chi connectivity index (χ0n) is 11.4. The Balaban J connectivity index is 2.06. The highest BCUT2D eigenvalue weighted by Gasteiger charge is 2.46. The van der Waals surface area contributed by atoms with E-state index in [1.54, 1.807) is 0 Å². The molecular weight excluding hydrogens is 260 g/mol. The lowest BCUT2D eigenvalue weighted by atomic mass is 10.0. The highest BCUT2D eigenvalue weighted by molar-refractivity contribution is 5.86. The van der Waals surface area contributed by atoms with Gasteiger partial charge in [-0.15, -0.1) is 0 Å². The van der Waals surface area contributed by atoms with Crippen LogP contribution >= 0.6 is 0 Å². The number of aliphatic hydroxyl groups excluding tert-OH is 2.